The average Bonchev–Trinajstić information content (AvgIpc) is 3.95. The van der Waals surface area contributed by atoms with Gasteiger partial charge in [-0.15, -0.1) is 0 Å². The number of primary amides is 1. The van der Waals surface area contributed by atoms with Crippen LogP contribution in [0.1, 0.15) is 71.9 Å². The zero-order chi connectivity index (χ0) is 50.8. The SMILES string of the molecule is CC(C)C[C@H](NC(=O)[C@H](COP(=O)(O)O)NC(=O)[C@@H](NC(=O)[C@H](CCC(=O)O)NC(=O)[C@H](CC(N)=O)NC(=O)[C@@H](NC(=O)[C@H](Cc1cnc[nH]1)NC(=O)[C@@H]1CCCN1)[C@@H](C)O)[C@@H](C)O)C(=O)O. The highest BCUT2D eigenvalue weighted by molar-refractivity contribution is 7.46. The van der Waals surface area contributed by atoms with Gasteiger partial charge in [-0.05, 0) is 52.0 Å². The van der Waals surface area contributed by atoms with E-state index in [4.69, 9.17) is 5.73 Å². The highest BCUT2D eigenvalue weighted by Gasteiger charge is 2.38. The Morgan fingerprint density at radius 3 is 1.75 bits per heavy atom. The van der Waals surface area contributed by atoms with Crippen molar-refractivity contribution in [2.75, 3.05) is 13.2 Å². The maximum atomic E-state index is 13.7. The summed E-state index contributed by atoms with van der Waals surface area (Å²) in [5, 5.41) is 58.3. The second kappa shape index (κ2) is 26.9. The molecule has 29 nitrogen and oxygen atoms in total. The standard InChI is InChI=1S/C37H60N11O18P/c1-16(2)10-24(37(61)62)45-34(58)25(14-66-67(63,64)65)46-36(60)29(18(4)50)47-31(55)21(7-8-27(52)53)42-32(56)23(12-26(38)51)44-35(59)28(17(3)49)48-33(57)22(11-19-13-39-15-41-19)43-30(54)20-6-5-9-40-20/h13,15-18,20-25,28-29,40,49-50H,5-12,14H2,1-4H3,(H2,38,51)(H,39,41)(H,42,56)(H,43,54)(H,44,59)(H,45,58)(H,46,60)(H,47,55)(H,48,57)(H,52,53)(H,61,62)(H2,63,64,65)/t17-,18-,20+,21+,22+,23+,24+,25+,28+,29+/m1/s1. The summed E-state index contributed by atoms with van der Waals surface area (Å²) in [5.74, 6) is -12.7. The Morgan fingerprint density at radius 1 is 0.761 bits per heavy atom. The van der Waals surface area contributed by atoms with E-state index >= 15 is 0 Å². The Bertz CT molecular complexity index is 1960. The highest BCUT2D eigenvalue weighted by Crippen LogP contribution is 2.35. The number of carboxylic acids is 2. The lowest BCUT2D eigenvalue weighted by Gasteiger charge is -2.29. The zero-order valence-corrected chi connectivity index (χ0v) is 37.8. The topological polar surface area (TPSA) is 469 Å². The number of phosphoric acid groups is 1. The maximum Gasteiger partial charge on any atom is 0.469 e. The third kappa shape index (κ3) is 20.5. The van der Waals surface area contributed by atoms with Crippen molar-refractivity contribution in [1.82, 2.24) is 52.5 Å². The first-order chi connectivity index (χ1) is 31.2. The Morgan fingerprint density at radius 2 is 1.28 bits per heavy atom. The number of phosphoric ester groups is 1. The number of aliphatic hydroxyl groups excluding tert-OH is 2. The van der Waals surface area contributed by atoms with Crippen molar-refractivity contribution in [1.29, 1.82) is 0 Å². The third-order valence-corrected chi connectivity index (χ3v) is 10.3. The van der Waals surface area contributed by atoms with Gasteiger partial charge in [0.05, 0.1) is 37.6 Å². The number of hydrogen-bond donors (Lipinski definition) is 16. The maximum absolute atomic E-state index is 13.7. The summed E-state index contributed by atoms with van der Waals surface area (Å²) in [4.78, 5) is 155. The van der Waals surface area contributed by atoms with Crippen LogP contribution in [0.15, 0.2) is 12.5 Å². The Kier molecular flexibility index (Phi) is 22.9. The minimum atomic E-state index is -5.31. The molecule has 30 heteroatoms. The number of aromatic amines is 1. The van der Waals surface area contributed by atoms with Crippen molar-refractivity contribution < 1.29 is 87.2 Å². The van der Waals surface area contributed by atoms with E-state index < -0.39 is 153 Å². The fourth-order valence-electron chi connectivity index (χ4n) is 6.39. The number of nitrogens with zero attached hydrogens (tertiary/aromatic N) is 1. The van der Waals surface area contributed by atoms with Crippen molar-refractivity contribution in [2.24, 2.45) is 11.7 Å². The number of rotatable bonds is 29. The summed E-state index contributed by atoms with van der Waals surface area (Å²) in [5.41, 5.74) is 5.74. The smallest absolute Gasteiger partial charge is 0.469 e. The summed E-state index contributed by atoms with van der Waals surface area (Å²) in [7, 11) is -5.31. The molecule has 0 aromatic carbocycles. The van der Waals surface area contributed by atoms with Gasteiger partial charge in [0.2, 0.25) is 47.3 Å². The second-order valence-electron chi connectivity index (χ2n) is 16.0. The van der Waals surface area contributed by atoms with E-state index in [1.165, 1.54) is 12.5 Å². The lowest BCUT2D eigenvalue weighted by atomic mass is 10.0. The molecule has 0 radical (unpaired) electrons. The first kappa shape index (κ1) is 57.0. The normalized spacial score (nSPS) is 17.7. The fraction of sp³-hybridized carbons (Fsp3) is 0.649. The number of aromatic nitrogens is 2. The first-order valence-electron chi connectivity index (χ1n) is 20.8. The summed E-state index contributed by atoms with van der Waals surface area (Å²) in [6.07, 6.45) is -2.46. The number of H-pyrrole nitrogens is 1. The van der Waals surface area contributed by atoms with E-state index in [9.17, 15) is 82.7 Å². The number of nitrogens with two attached hydrogens (primary N) is 1. The molecule has 8 amide bonds. The molecule has 0 unspecified atom stereocenters. The van der Waals surface area contributed by atoms with E-state index in [1.54, 1.807) is 13.8 Å². The lowest BCUT2D eigenvalue weighted by Crippen LogP contribution is -2.63. The van der Waals surface area contributed by atoms with Crippen LogP contribution in [-0.2, 0) is 63.5 Å². The van der Waals surface area contributed by atoms with Crippen LogP contribution < -0.4 is 48.3 Å². The lowest BCUT2D eigenvalue weighted by molar-refractivity contribution is -0.143. The number of aliphatic hydroxyl groups is 2. The largest absolute Gasteiger partial charge is 0.481 e. The zero-order valence-electron chi connectivity index (χ0n) is 36.9. The number of imidazole rings is 1. The number of carbonyl (C=O) groups excluding carboxylic acids is 8. The van der Waals surface area contributed by atoms with E-state index in [0.717, 1.165) is 13.8 Å². The quantitative estimate of drug-likeness (QED) is 0.0332. The number of amides is 8. The number of aliphatic carboxylic acids is 2. The van der Waals surface area contributed by atoms with Gasteiger partial charge in [0.15, 0.2) is 0 Å². The van der Waals surface area contributed by atoms with Crippen LogP contribution in [0, 0.1) is 5.92 Å². The van der Waals surface area contributed by atoms with Gasteiger partial charge < -0.3 is 83.5 Å². The molecule has 1 fully saturated rings. The Balaban J connectivity index is 2.35. The van der Waals surface area contributed by atoms with Crippen molar-refractivity contribution in [2.45, 2.75) is 133 Å². The molecule has 17 N–H and O–H groups in total. The molecular weight excluding hydrogens is 917 g/mol. The molecule has 0 bridgehead atoms. The molecular formula is C37H60N11O18P. The molecule has 1 aliphatic rings. The van der Waals surface area contributed by atoms with Crippen molar-refractivity contribution in [3.63, 3.8) is 0 Å². The van der Waals surface area contributed by atoms with E-state index in [1.807, 2.05) is 5.32 Å². The molecule has 1 aromatic rings. The van der Waals surface area contributed by atoms with Gasteiger partial charge in [-0.25, -0.2) is 14.3 Å². The molecule has 376 valence electrons. The molecule has 1 saturated heterocycles. The number of nitrogens with one attached hydrogen (secondary N) is 9. The molecule has 1 aliphatic heterocycles. The minimum absolute atomic E-state index is 0.119. The predicted octanol–water partition coefficient (Wildman–Crippen LogP) is -6.16. The van der Waals surface area contributed by atoms with Gasteiger partial charge in [-0.2, -0.15) is 0 Å². The third-order valence-electron chi connectivity index (χ3n) is 9.80. The van der Waals surface area contributed by atoms with Crippen LogP contribution in [0.25, 0.3) is 0 Å². The van der Waals surface area contributed by atoms with Gasteiger partial charge in [0, 0.05) is 24.7 Å². The number of carboxylic acid groups (broad SMARTS) is 2. The predicted molar refractivity (Wildman–Crippen MR) is 226 cm³/mol. The molecule has 10 atom stereocenters. The highest BCUT2D eigenvalue weighted by atomic mass is 31.2. The number of hydrogen-bond acceptors (Lipinski definition) is 16. The van der Waals surface area contributed by atoms with Crippen LogP contribution in [-0.4, -0.2) is 173 Å². The Labute approximate surface area is 382 Å². The van der Waals surface area contributed by atoms with Crippen molar-refractivity contribution >= 4 is 67.0 Å². The molecule has 0 aliphatic carbocycles. The van der Waals surface area contributed by atoms with E-state index in [-0.39, 0.29) is 18.8 Å². The number of carbonyl (C=O) groups is 10. The summed E-state index contributed by atoms with van der Waals surface area (Å²) < 4.78 is 15.8. The van der Waals surface area contributed by atoms with Crippen molar-refractivity contribution in [3.8, 4) is 0 Å². The summed E-state index contributed by atoms with van der Waals surface area (Å²) >= 11 is 0. The first-order valence-corrected chi connectivity index (χ1v) is 22.3. The minimum Gasteiger partial charge on any atom is -0.481 e. The fourth-order valence-corrected chi connectivity index (χ4v) is 6.73. The molecule has 0 spiro atoms. The molecule has 0 saturated carbocycles. The average molecular weight is 978 g/mol. The van der Waals surface area contributed by atoms with Crippen LogP contribution in [0.3, 0.4) is 0 Å². The van der Waals surface area contributed by atoms with Crippen molar-refractivity contribution in [3.05, 3.63) is 18.2 Å². The van der Waals surface area contributed by atoms with Gasteiger partial charge in [-0.3, -0.25) is 47.7 Å². The molecule has 2 rings (SSSR count). The molecule has 67 heavy (non-hydrogen) atoms. The summed E-state index contributed by atoms with van der Waals surface area (Å²) in [6.45, 7) is 4.63. The second-order valence-corrected chi connectivity index (χ2v) is 17.3. The van der Waals surface area contributed by atoms with Crippen LogP contribution >= 0.6 is 7.82 Å². The Hall–Kier alpha value is -6.10. The van der Waals surface area contributed by atoms with E-state index in [2.05, 4.69) is 51.7 Å². The van der Waals surface area contributed by atoms with Gasteiger partial charge >= 0.3 is 19.8 Å². The van der Waals surface area contributed by atoms with Gasteiger partial charge in [-0.1, -0.05) is 13.8 Å². The van der Waals surface area contributed by atoms with Gasteiger partial charge in [0.1, 0.15) is 42.3 Å². The van der Waals surface area contributed by atoms with Crippen LogP contribution in [0.5, 0.6) is 0 Å². The van der Waals surface area contributed by atoms with Crippen LogP contribution in [0.4, 0.5) is 0 Å². The van der Waals surface area contributed by atoms with Gasteiger partial charge in [0.25, 0.3) is 0 Å². The van der Waals surface area contributed by atoms with Crippen LogP contribution in [0.2, 0.25) is 0 Å². The summed E-state index contributed by atoms with van der Waals surface area (Å²) in [6, 6.07) is -13.4. The van der Waals surface area contributed by atoms with E-state index in [0.29, 0.717) is 25.1 Å². The molecule has 2 heterocycles. The monoisotopic (exact) mass is 977 g/mol. The molecule has 1 aromatic heterocycles.